The average Bonchev–Trinajstić information content (AvgIpc) is 2.34. The third-order valence-corrected chi connectivity index (χ3v) is 3.53. The van der Waals surface area contributed by atoms with Crippen molar-refractivity contribution in [1.29, 1.82) is 0 Å². The Hall–Kier alpha value is -1.49. The Bertz CT molecular complexity index is 443. The van der Waals surface area contributed by atoms with Crippen LogP contribution in [0, 0.1) is 21.8 Å². The molecule has 0 saturated carbocycles. The number of nitro groups is 1. The van der Waals surface area contributed by atoms with Gasteiger partial charge in [-0.15, -0.1) is 0 Å². The van der Waals surface area contributed by atoms with Crippen molar-refractivity contribution >= 4 is 5.69 Å². The lowest BCUT2D eigenvalue weighted by molar-refractivity contribution is -0.387. The predicted molar refractivity (Wildman–Crippen MR) is 66.7 cm³/mol. The molecule has 0 N–H and O–H groups in total. The van der Waals surface area contributed by atoms with E-state index >= 15 is 0 Å². The first-order chi connectivity index (χ1) is 8.58. The van der Waals surface area contributed by atoms with Gasteiger partial charge in [-0.1, -0.05) is 19.1 Å². The monoisotopic (exact) mass is 252 g/mol. The highest BCUT2D eigenvalue weighted by Gasteiger charge is 2.21. The molecule has 0 unspecified atom stereocenters. The molecule has 0 aliphatic carbocycles. The van der Waals surface area contributed by atoms with Crippen LogP contribution in [-0.4, -0.2) is 22.9 Å². The summed E-state index contributed by atoms with van der Waals surface area (Å²) in [5.74, 6) is 0.0253. The van der Waals surface area contributed by atoms with Gasteiger partial charge in [0.05, 0.1) is 4.92 Å². The smallest absolute Gasteiger partial charge is 0.299 e. The summed E-state index contributed by atoms with van der Waals surface area (Å²) in [6.07, 6.45) is 2.22. The maximum atomic E-state index is 13.9. The summed E-state index contributed by atoms with van der Waals surface area (Å²) in [4.78, 5) is 12.1. The molecule has 0 amide bonds. The molecule has 1 fully saturated rings. The molecule has 0 radical (unpaired) electrons. The van der Waals surface area contributed by atoms with Gasteiger partial charge in [-0.3, -0.25) is 15.0 Å². The Labute approximate surface area is 106 Å². The standard InChI is InChI=1S/C13H17FN2O2/c1-10-5-7-15(8-6-10)9-11-3-2-4-12(13(11)14)16(17)18/h2-4,10H,5-9H2,1H3. The van der Waals surface area contributed by atoms with Crippen molar-refractivity contribution in [3.8, 4) is 0 Å². The first-order valence-corrected chi connectivity index (χ1v) is 6.22. The fourth-order valence-corrected chi connectivity index (χ4v) is 2.29. The minimum absolute atomic E-state index is 0.416. The van der Waals surface area contributed by atoms with E-state index in [1.54, 1.807) is 12.1 Å². The van der Waals surface area contributed by atoms with Gasteiger partial charge in [-0.25, -0.2) is 0 Å². The van der Waals surface area contributed by atoms with Crippen LogP contribution in [0.4, 0.5) is 10.1 Å². The number of benzene rings is 1. The van der Waals surface area contributed by atoms with Crippen LogP contribution >= 0.6 is 0 Å². The van der Waals surface area contributed by atoms with Crippen LogP contribution in [0.1, 0.15) is 25.3 Å². The summed E-state index contributed by atoms with van der Waals surface area (Å²) in [6.45, 7) is 4.54. The van der Waals surface area contributed by atoms with E-state index in [9.17, 15) is 14.5 Å². The van der Waals surface area contributed by atoms with E-state index in [4.69, 9.17) is 0 Å². The van der Waals surface area contributed by atoms with Crippen LogP contribution < -0.4 is 0 Å². The minimum atomic E-state index is -0.693. The molecule has 98 valence electrons. The van der Waals surface area contributed by atoms with Gasteiger partial charge < -0.3 is 0 Å². The summed E-state index contributed by atoms with van der Waals surface area (Å²) >= 11 is 0. The second-order valence-electron chi connectivity index (χ2n) is 4.97. The maximum absolute atomic E-state index is 13.9. The van der Waals surface area contributed by atoms with Crippen molar-refractivity contribution < 1.29 is 9.31 Å². The van der Waals surface area contributed by atoms with Gasteiger partial charge >= 0.3 is 5.69 Å². The summed E-state index contributed by atoms with van der Waals surface area (Å²) < 4.78 is 13.9. The van der Waals surface area contributed by atoms with Crippen LogP contribution in [0.5, 0.6) is 0 Å². The van der Waals surface area contributed by atoms with Crippen molar-refractivity contribution in [3.05, 3.63) is 39.7 Å². The summed E-state index contributed by atoms with van der Waals surface area (Å²) in [5.41, 5.74) is -0.0170. The SMILES string of the molecule is CC1CCN(Cc2cccc([N+](=O)[O-])c2F)CC1. The Morgan fingerprint density at radius 2 is 2.11 bits per heavy atom. The highest BCUT2D eigenvalue weighted by molar-refractivity contribution is 5.36. The van der Waals surface area contributed by atoms with Crippen LogP contribution in [0.25, 0.3) is 0 Å². The second kappa shape index (κ2) is 5.44. The summed E-state index contributed by atoms with van der Waals surface area (Å²) in [6, 6.07) is 4.38. The molecule has 1 aromatic rings. The molecule has 1 aliphatic rings. The fraction of sp³-hybridized carbons (Fsp3) is 0.538. The highest BCUT2D eigenvalue weighted by Crippen LogP contribution is 2.23. The highest BCUT2D eigenvalue weighted by atomic mass is 19.1. The molecule has 0 bridgehead atoms. The van der Waals surface area contributed by atoms with Crippen molar-refractivity contribution in [3.63, 3.8) is 0 Å². The number of hydrogen-bond acceptors (Lipinski definition) is 3. The van der Waals surface area contributed by atoms with Crippen LogP contribution in [0.15, 0.2) is 18.2 Å². The van der Waals surface area contributed by atoms with Crippen LogP contribution in [0.3, 0.4) is 0 Å². The third kappa shape index (κ3) is 2.85. The van der Waals surface area contributed by atoms with Crippen molar-refractivity contribution in [1.82, 2.24) is 4.90 Å². The molecule has 1 aromatic carbocycles. The topological polar surface area (TPSA) is 46.4 Å². The van der Waals surface area contributed by atoms with Crippen molar-refractivity contribution in [2.75, 3.05) is 13.1 Å². The quantitative estimate of drug-likeness (QED) is 0.613. The average molecular weight is 252 g/mol. The lowest BCUT2D eigenvalue weighted by Gasteiger charge is -2.30. The lowest BCUT2D eigenvalue weighted by atomic mass is 9.99. The Morgan fingerprint density at radius 3 is 2.72 bits per heavy atom. The number of nitro benzene ring substituents is 1. The zero-order valence-corrected chi connectivity index (χ0v) is 10.4. The van der Waals surface area contributed by atoms with Crippen LogP contribution in [-0.2, 0) is 6.54 Å². The van der Waals surface area contributed by atoms with Gasteiger partial charge in [0.2, 0.25) is 5.82 Å². The number of rotatable bonds is 3. The molecule has 1 heterocycles. The molecular weight excluding hydrogens is 235 g/mol. The number of halogens is 1. The minimum Gasteiger partial charge on any atom is -0.299 e. The van der Waals surface area contributed by atoms with Crippen molar-refractivity contribution in [2.24, 2.45) is 5.92 Å². The Balaban J connectivity index is 2.10. The number of likely N-dealkylation sites (tertiary alicyclic amines) is 1. The van der Waals surface area contributed by atoms with Gasteiger partial charge in [0.15, 0.2) is 0 Å². The van der Waals surface area contributed by atoms with E-state index in [-0.39, 0.29) is 0 Å². The molecule has 1 aliphatic heterocycles. The zero-order valence-electron chi connectivity index (χ0n) is 10.4. The molecule has 0 aromatic heterocycles. The summed E-state index contributed by atoms with van der Waals surface area (Å²) in [7, 11) is 0. The molecule has 4 nitrogen and oxygen atoms in total. The van der Waals surface area contributed by atoms with E-state index < -0.39 is 16.4 Å². The largest absolute Gasteiger partial charge is 0.305 e. The zero-order chi connectivity index (χ0) is 13.1. The third-order valence-electron chi connectivity index (χ3n) is 3.53. The van der Waals surface area contributed by atoms with E-state index in [0.717, 1.165) is 31.8 Å². The molecule has 18 heavy (non-hydrogen) atoms. The Kier molecular flexibility index (Phi) is 3.91. The normalized spacial score (nSPS) is 17.9. The van der Waals surface area contributed by atoms with Gasteiger partial charge in [-0.2, -0.15) is 4.39 Å². The second-order valence-corrected chi connectivity index (χ2v) is 4.97. The molecule has 2 rings (SSSR count). The summed E-state index contributed by atoms with van der Waals surface area (Å²) in [5, 5.41) is 10.7. The van der Waals surface area contributed by atoms with Gasteiger partial charge in [0, 0.05) is 18.2 Å². The predicted octanol–water partition coefficient (Wildman–Crippen LogP) is 2.97. The molecule has 5 heteroatoms. The van der Waals surface area contributed by atoms with Gasteiger partial charge in [-0.05, 0) is 31.8 Å². The first kappa shape index (κ1) is 13.0. The van der Waals surface area contributed by atoms with E-state index in [1.165, 1.54) is 6.07 Å². The Morgan fingerprint density at radius 1 is 1.44 bits per heavy atom. The van der Waals surface area contributed by atoms with E-state index in [0.29, 0.717) is 12.1 Å². The number of hydrogen-bond donors (Lipinski definition) is 0. The molecule has 0 atom stereocenters. The first-order valence-electron chi connectivity index (χ1n) is 6.22. The lowest BCUT2D eigenvalue weighted by Crippen LogP contribution is -2.32. The number of nitrogens with zero attached hydrogens (tertiary/aromatic N) is 2. The number of piperidine rings is 1. The van der Waals surface area contributed by atoms with Crippen molar-refractivity contribution in [2.45, 2.75) is 26.3 Å². The molecular formula is C13H17FN2O2. The van der Waals surface area contributed by atoms with Gasteiger partial charge in [0.1, 0.15) is 0 Å². The maximum Gasteiger partial charge on any atom is 0.305 e. The molecule has 0 spiro atoms. The van der Waals surface area contributed by atoms with E-state index in [2.05, 4.69) is 11.8 Å². The molecule has 1 saturated heterocycles. The van der Waals surface area contributed by atoms with Crippen LogP contribution in [0.2, 0.25) is 0 Å². The van der Waals surface area contributed by atoms with E-state index in [1.807, 2.05) is 0 Å². The fourth-order valence-electron chi connectivity index (χ4n) is 2.29. The van der Waals surface area contributed by atoms with Gasteiger partial charge in [0.25, 0.3) is 0 Å².